The Kier molecular flexibility index (Phi) is 8.54. The Labute approximate surface area is 270 Å². The maximum Gasteiger partial charge on any atom is 0.326 e. The van der Waals surface area contributed by atoms with E-state index in [2.05, 4.69) is 0 Å². The summed E-state index contributed by atoms with van der Waals surface area (Å²) in [5.41, 5.74) is 4.12. The van der Waals surface area contributed by atoms with Gasteiger partial charge >= 0.3 is 10.2 Å². The lowest BCUT2D eigenvalue weighted by Crippen LogP contribution is -2.29. The first-order valence-corrected chi connectivity index (χ1v) is 16.3. The van der Waals surface area contributed by atoms with Crippen LogP contribution in [0.5, 0.6) is 5.75 Å². The summed E-state index contributed by atoms with van der Waals surface area (Å²) in [5.74, 6) is 0.261. The maximum absolute atomic E-state index is 14.6. The lowest BCUT2D eigenvalue weighted by molar-refractivity contribution is -0.117. The predicted molar refractivity (Wildman–Crippen MR) is 174 cm³/mol. The maximum atomic E-state index is 14.6. The standard InChI is InChI=1S/C33H27Cl2FN4O4S/c1-2-14-44-31-15-21(26-8-3-4-9-29(26)36)10-11-22(31)16-32-37-30(27-13-12-23(34)17-28(27)35)19-39(32)24-6-5-7-25(18-24)40-20-33(41)38-45(40,42)43/h3-13,15,17-19H,2,14,16,20H2,1H3,(H,38,41). The number of nitrogens with zero attached hydrogens (tertiary/aromatic N) is 3. The van der Waals surface area contributed by atoms with Crippen LogP contribution < -0.4 is 13.8 Å². The molecular weight excluding hydrogens is 638 g/mol. The summed E-state index contributed by atoms with van der Waals surface area (Å²) in [4.78, 5) is 16.9. The van der Waals surface area contributed by atoms with E-state index in [0.29, 0.717) is 68.4 Å². The van der Waals surface area contributed by atoms with Crippen molar-refractivity contribution in [3.05, 3.63) is 118 Å². The Morgan fingerprint density at radius 2 is 1.76 bits per heavy atom. The highest BCUT2D eigenvalue weighted by atomic mass is 35.5. The molecule has 0 atom stereocenters. The minimum absolute atomic E-state index is 0.314. The second kappa shape index (κ2) is 12.5. The number of benzene rings is 4. The fourth-order valence-electron chi connectivity index (χ4n) is 5.15. The van der Waals surface area contributed by atoms with Crippen LogP contribution in [0.25, 0.3) is 28.1 Å². The summed E-state index contributed by atoms with van der Waals surface area (Å²) in [6.45, 7) is 2.15. The Hall–Kier alpha value is -4.38. The van der Waals surface area contributed by atoms with E-state index in [1.54, 1.807) is 54.6 Å². The highest BCUT2D eigenvalue weighted by Crippen LogP contribution is 2.34. The molecule has 1 fully saturated rings. The van der Waals surface area contributed by atoms with Gasteiger partial charge in [-0.2, -0.15) is 8.42 Å². The second-order valence-corrected chi connectivity index (χ2v) is 12.9. The largest absolute Gasteiger partial charge is 0.493 e. The highest BCUT2D eigenvalue weighted by Gasteiger charge is 2.34. The van der Waals surface area contributed by atoms with E-state index in [0.717, 1.165) is 16.3 Å². The summed E-state index contributed by atoms with van der Waals surface area (Å²) in [6, 6.07) is 24.1. The Morgan fingerprint density at radius 1 is 0.956 bits per heavy atom. The van der Waals surface area contributed by atoms with Crippen LogP contribution in [0.2, 0.25) is 10.0 Å². The fraction of sp³-hybridized carbons (Fsp3) is 0.152. The fourth-order valence-corrected chi connectivity index (χ4v) is 6.79. The minimum Gasteiger partial charge on any atom is -0.493 e. The molecule has 2 heterocycles. The van der Waals surface area contributed by atoms with Gasteiger partial charge in [-0.3, -0.25) is 4.79 Å². The zero-order chi connectivity index (χ0) is 31.7. The van der Waals surface area contributed by atoms with E-state index < -0.39 is 16.1 Å². The smallest absolute Gasteiger partial charge is 0.326 e. The summed E-state index contributed by atoms with van der Waals surface area (Å²) in [7, 11) is -4.00. The van der Waals surface area contributed by atoms with Gasteiger partial charge in [-0.25, -0.2) is 18.4 Å². The van der Waals surface area contributed by atoms with Gasteiger partial charge in [0.05, 0.1) is 23.0 Å². The molecule has 8 nitrogen and oxygen atoms in total. The molecule has 1 aliphatic heterocycles. The van der Waals surface area contributed by atoms with Crippen LogP contribution in [0.4, 0.5) is 10.1 Å². The third-order valence-electron chi connectivity index (χ3n) is 7.26. The highest BCUT2D eigenvalue weighted by molar-refractivity contribution is 7.92. The number of ether oxygens (including phenoxy) is 1. The van der Waals surface area contributed by atoms with E-state index in [9.17, 15) is 17.6 Å². The van der Waals surface area contributed by atoms with Gasteiger partial charge in [0.2, 0.25) is 0 Å². The molecule has 0 bridgehead atoms. The van der Waals surface area contributed by atoms with Gasteiger partial charge < -0.3 is 9.30 Å². The van der Waals surface area contributed by atoms with Gasteiger partial charge in [0.25, 0.3) is 5.91 Å². The Morgan fingerprint density at radius 3 is 2.49 bits per heavy atom. The number of nitrogens with one attached hydrogen (secondary N) is 1. The van der Waals surface area contributed by atoms with Crippen molar-refractivity contribution in [2.24, 2.45) is 0 Å². The number of halogens is 3. The molecule has 1 aliphatic rings. The molecule has 6 rings (SSSR count). The molecule has 0 unspecified atom stereocenters. The van der Waals surface area contributed by atoms with Crippen molar-refractivity contribution in [2.75, 3.05) is 17.5 Å². The molecule has 1 aromatic heterocycles. The molecule has 5 aromatic rings. The number of carbonyl (C=O) groups excluding carboxylic acids is 1. The van der Waals surface area contributed by atoms with Crippen molar-refractivity contribution in [2.45, 2.75) is 19.8 Å². The van der Waals surface area contributed by atoms with Crippen molar-refractivity contribution < 1.29 is 22.3 Å². The number of aromatic nitrogens is 2. The van der Waals surface area contributed by atoms with E-state index in [1.165, 1.54) is 6.07 Å². The zero-order valence-electron chi connectivity index (χ0n) is 24.0. The second-order valence-electron chi connectivity index (χ2n) is 10.4. The van der Waals surface area contributed by atoms with Crippen molar-refractivity contribution in [1.29, 1.82) is 0 Å². The van der Waals surface area contributed by atoms with Crippen molar-refractivity contribution >= 4 is 45.0 Å². The molecule has 1 saturated heterocycles. The summed E-state index contributed by atoms with van der Waals surface area (Å²) in [6.07, 6.45) is 2.90. The van der Waals surface area contributed by atoms with Crippen LogP contribution in [0, 0.1) is 5.82 Å². The van der Waals surface area contributed by atoms with Gasteiger partial charge in [-0.15, -0.1) is 0 Å². The lowest BCUT2D eigenvalue weighted by Gasteiger charge is -2.17. The first kappa shape index (κ1) is 30.6. The van der Waals surface area contributed by atoms with Crippen LogP contribution in [0.15, 0.2) is 91.1 Å². The Balaban J connectivity index is 1.46. The third-order valence-corrected chi connectivity index (χ3v) is 9.22. The van der Waals surface area contributed by atoms with Crippen molar-refractivity contribution in [3.8, 4) is 33.8 Å². The summed E-state index contributed by atoms with van der Waals surface area (Å²) >= 11 is 12.7. The molecule has 0 spiro atoms. The van der Waals surface area contributed by atoms with Crippen molar-refractivity contribution in [1.82, 2.24) is 14.3 Å². The van der Waals surface area contributed by atoms with E-state index in [-0.39, 0.29) is 12.4 Å². The number of hydrogen-bond donors (Lipinski definition) is 1. The van der Waals surface area contributed by atoms with Crippen LogP contribution in [0.3, 0.4) is 0 Å². The molecule has 0 saturated carbocycles. The number of carbonyl (C=O) groups is 1. The minimum atomic E-state index is -4.00. The van der Waals surface area contributed by atoms with Crippen LogP contribution in [-0.2, 0) is 21.4 Å². The average Bonchev–Trinajstić information content (AvgIpc) is 3.55. The van der Waals surface area contributed by atoms with Crippen LogP contribution in [0.1, 0.15) is 24.7 Å². The van der Waals surface area contributed by atoms with E-state index >= 15 is 0 Å². The van der Waals surface area contributed by atoms with Gasteiger partial charge in [-0.05, 0) is 60.5 Å². The molecule has 1 amide bonds. The van der Waals surface area contributed by atoms with E-state index in [4.69, 9.17) is 32.9 Å². The van der Waals surface area contributed by atoms with Crippen LogP contribution >= 0.6 is 23.2 Å². The topological polar surface area (TPSA) is 93.5 Å². The first-order valence-electron chi connectivity index (χ1n) is 14.1. The Bertz CT molecular complexity index is 2030. The van der Waals surface area contributed by atoms with Gasteiger partial charge in [-0.1, -0.05) is 66.5 Å². The predicted octanol–water partition coefficient (Wildman–Crippen LogP) is 7.21. The molecule has 4 aromatic carbocycles. The normalized spacial score (nSPS) is 14.0. The third kappa shape index (κ3) is 6.40. The average molecular weight is 666 g/mol. The molecule has 0 radical (unpaired) electrons. The molecule has 230 valence electrons. The van der Waals surface area contributed by atoms with Crippen LogP contribution in [-0.4, -0.2) is 37.0 Å². The number of hydrogen-bond acceptors (Lipinski definition) is 5. The number of rotatable bonds is 9. The number of anilines is 1. The van der Waals surface area contributed by atoms with Gasteiger partial charge in [0.15, 0.2) is 0 Å². The molecular formula is C33H27Cl2FN4O4S. The number of amides is 1. The van der Waals surface area contributed by atoms with E-state index in [1.807, 2.05) is 46.7 Å². The zero-order valence-corrected chi connectivity index (χ0v) is 26.3. The van der Waals surface area contributed by atoms with Gasteiger partial charge in [0, 0.05) is 40.0 Å². The summed E-state index contributed by atoms with van der Waals surface area (Å²) < 4.78 is 50.8. The molecule has 1 N–H and O–H groups in total. The monoisotopic (exact) mass is 664 g/mol. The van der Waals surface area contributed by atoms with Gasteiger partial charge in [0.1, 0.15) is 23.9 Å². The number of imidazole rings is 1. The SMILES string of the molecule is CCCOc1cc(-c2ccccc2F)ccc1Cc1nc(-c2ccc(Cl)cc2Cl)cn1-c1cccc(N2CC(=O)NS2(=O)=O)c1. The lowest BCUT2D eigenvalue weighted by atomic mass is 10.0. The van der Waals surface area contributed by atoms with Crippen molar-refractivity contribution in [3.63, 3.8) is 0 Å². The molecule has 0 aliphatic carbocycles. The first-order chi connectivity index (χ1) is 21.6. The molecule has 12 heteroatoms. The molecule has 45 heavy (non-hydrogen) atoms. The quantitative estimate of drug-likeness (QED) is 0.180. The summed E-state index contributed by atoms with van der Waals surface area (Å²) in [5, 5.41) is 0.903.